The fourth-order valence-electron chi connectivity index (χ4n) is 1.73. The summed E-state index contributed by atoms with van der Waals surface area (Å²) in [4.78, 5) is 0. The van der Waals surface area contributed by atoms with E-state index in [4.69, 9.17) is 9.47 Å². The van der Waals surface area contributed by atoms with Crippen LogP contribution in [0.3, 0.4) is 0 Å². The van der Waals surface area contributed by atoms with Crippen LogP contribution in [-0.2, 0) is 9.47 Å². The summed E-state index contributed by atoms with van der Waals surface area (Å²) in [7, 11) is 3.36. The van der Waals surface area contributed by atoms with Gasteiger partial charge in [-0.3, -0.25) is 0 Å². The van der Waals surface area contributed by atoms with Crippen molar-refractivity contribution in [3.8, 4) is 0 Å². The van der Waals surface area contributed by atoms with Gasteiger partial charge in [-0.05, 0) is 17.9 Å². The predicted molar refractivity (Wildman–Crippen MR) is 71.7 cm³/mol. The van der Waals surface area contributed by atoms with Crippen LogP contribution in [0.15, 0.2) is 36.4 Å². The van der Waals surface area contributed by atoms with Crippen molar-refractivity contribution in [3.63, 3.8) is 0 Å². The van der Waals surface area contributed by atoms with Gasteiger partial charge in [0.25, 0.3) is 0 Å². The van der Waals surface area contributed by atoms with Gasteiger partial charge in [0, 0.05) is 20.6 Å². The van der Waals surface area contributed by atoms with Crippen LogP contribution in [0.5, 0.6) is 0 Å². The Morgan fingerprint density at radius 1 is 1.12 bits per heavy atom. The fourth-order valence-corrected chi connectivity index (χ4v) is 1.73. The van der Waals surface area contributed by atoms with Crippen LogP contribution in [0.2, 0.25) is 0 Å². The zero-order valence-electron chi connectivity index (χ0n) is 10.9. The van der Waals surface area contributed by atoms with Crippen molar-refractivity contribution in [1.29, 1.82) is 0 Å². The van der Waals surface area contributed by atoms with Gasteiger partial charge < -0.3 is 9.47 Å². The zero-order chi connectivity index (χ0) is 12.5. The molecule has 0 aliphatic heterocycles. The molecular formula is C15H22O2. The normalized spacial score (nSPS) is 13.4. The van der Waals surface area contributed by atoms with E-state index in [-0.39, 0.29) is 6.29 Å². The van der Waals surface area contributed by atoms with Gasteiger partial charge in [0.1, 0.15) is 0 Å². The molecule has 2 heteroatoms. The van der Waals surface area contributed by atoms with Gasteiger partial charge in [-0.2, -0.15) is 0 Å². The molecule has 0 saturated heterocycles. The quantitative estimate of drug-likeness (QED) is 0.669. The molecule has 94 valence electrons. The lowest BCUT2D eigenvalue weighted by atomic mass is 10.0. The first kappa shape index (κ1) is 13.9. The molecule has 17 heavy (non-hydrogen) atoms. The van der Waals surface area contributed by atoms with Crippen molar-refractivity contribution in [2.75, 3.05) is 14.2 Å². The molecule has 0 amide bonds. The molecule has 0 unspecified atom stereocenters. The number of rotatable bonds is 7. The number of allylic oxidation sites excluding steroid dienone is 1. The molecule has 0 aromatic heterocycles. The Kier molecular flexibility index (Phi) is 6.60. The molecule has 1 aromatic carbocycles. The molecule has 1 aromatic rings. The molecule has 0 aliphatic rings. The van der Waals surface area contributed by atoms with Crippen molar-refractivity contribution in [2.24, 2.45) is 5.92 Å². The van der Waals surface area contributed by atoms with E-state index in [0.717, 1.165) is 12.8 Å². The number of benzene rings is 1. The maximum absolute atomic E-state index is 5.23. The summed E-state index contributed by atoms with van der Waals surface area (Å²) in [6, 6.07) is 10.3. The first-order chi connectivity index (χ1) is 8.30. The highest BCUT2D eigenvalue weighted by Gasteiger charge is 2.11. The van der Waals surface area contributed by atoms with Gasteiger partial charge in [-0.15, -0.1) is 0 Å². The molecule has 0 aliphatic carbocycles. The summed E-state index contributed by atoms with van der Waals surface area (Å²) < 4.78 is 10.5. The van der Waals surface area contributed by atoms with Gasteiger partial charge in [-0.1, -0.05) is 49.4 Å². The number of hydrogen-bond donors (Lipinski definition) is 0. The van der Waals surface area contributed by atoms with Crippen molar-refractivity contribution >= 4 is 6.08 Å². The molecule has 0 bridgehead atoms. The lowest BCUT2D eigenvalue weighted by molar-refractivity contribution is -0.111. The average molecular weight is 234 g/mol. The molecule has 0 saturated carbocycles. The zero-order valence-corrected chi connectivity index (χ0v) is 10.9. The molecule has 0 spiro atoms. The van der Waals surface area contributed by atoms with Gasteiger partial charge in [0.05, 0.1) is 0 Å². The monoisotopic (exact) mass is 234 g/mol. The molecule has 2 nitrogen and oxygen atoms in total. The topological polar surface area (TPSA) is 18.5 Å². The second kappa shape index (κ2) is 8.04. The summed E-state index contributed by atoms with van der Waals surface area (Å²) in [6.07, 6.45) is 6.27. The summed E-state index contributed by atoms with van der Waals surface area (Å²) in [5.74, 6) is 0.486. The minimum absolute atomic E-state index is 0.111. The Balaban J connectivity index is 2.54. The van der Waals surface area contributed by atoms with Crippen LogP contribution in [0.1, 0.15) is 25.3 Å². The van der Waals surface area contributed by atoms with Crippen LogP contribution >= 0.6 is 0 Å². The molecule has 0 N–H and O–H groups in total. The van der Waals surface area contributed by atoms with Crippen LogP contribution in [0.4, 0.5) is 0 Å². The maximum Gasteiger partial charge on any atom is 0.157 e. The highest BCUT2D eigenvalue weighted by Crippen LogP contribution is 2.16. The fraction of sp³-hybridized carbons (Fsp3) is 0.467. The highest BCUT2D eigenvalue weighted by atomic mass is 16.7. The lowest BCUT2D eigenvalue weighted by Gasteiger charge is -2.17. The van der Waals surface area contributed by atoms with E-state index in [1.54, 1.807) is 14.2 Å². The van der Waals surface area contributed by atoms with Gasteiger partial charge in [0.2, 0.25) is 0 Å². The van der Waals surface area contributed by atoms with Crippen LogP contribution in [-0.4, -0.2) is 20.5 Å². The minimum Gasteiger partial charge on any atom is -0.356 e. The molecular weight excluding hydrogens is 212 g/mol. The second-order valence-corrected chi connectivity index (χ2v) is 4.07. The van der Waals surface area contributed by atoms with E-state index >= 15 is 0 Å². The van der Waals surface area contributed by atoms with Crippen molar-refractivity contribution in [2.45, 2.75) is 26.1 Å². The van der Waals surface area contributed by atoms with Gasteiger partial charge >= 0.3 is 0 Å². The summed E-state index contributed by atoms with van der Waals surface area (Å²) in [5, 5.41) is 0. The summed E-state index contributed by atoms with van der Waals surface area (Å²) in [6.45, 7) is 2.18. The highest BCUT2D eigenvalue weighted by molar-refractivity contribution is 5.48. The third kappa shape index (κ3) is 5.16. The SMILES string of the molecule is CC[C@@H](/C=C/c1ccccc1)CC(OC)OC. The van der Waals surface area contributed by atoms with E-state index in [1.807, 2.05) is 18.2 Å². The maximum atomic E-state index is 5.23. The van der Waals surface area contributed by atoms with Crippen molar-refractivity contribution < 1.29 is 9.47 Å². The number of ether oxygens (including phenoxy) is 2. The minimum atomic E-state index is -0.111. The number of methoxy groups -OCH3 is 2. The van der Waals surface area contributed by atoms with Crippen molar-refractivity contribution in [3.05, 3.63) is 42.0 Å². The van der Waals surface area contributed by atoms with E-state index < -0.39 is 0 Å². The molecule has 1 rings (SSSR count). The van der Waals surface area contributed by atoms with Crippen molar-refractivity contribution in [1.82, 2.24) is 0 Å². The molecule has 0 fully saturated rings. The lowest BCUT2D eigenvalue weighted by Crippen LogP contribution is -2.16. The summed E-state index contributed by atoms with van der Waals surface area (Å²) >= 11 is 0. The predicted octanol–water partition coefficient (Wildman–Crippen LogP) is 3.74. The molecule has 0 radical (unpaired) electrons. The number of hydrogen-bond acceptors (Lipinski definition) is 2. The Bertz CT molecular complexity index is 315. The largest absolute Gasteiger partial charge is 0.356 e. The van der Waals surface area contributed by atoms with Crippen LogP contribution in [0, 0.1) is 5.92 Å². The third-order valence-electron chi connectivity index (χ3n) is 2.91. The second-order valence-electron chi connectivity index (χ2n) is 4.07. The first-order valence-electron chi connectivity index (χ1n) is 6.09. The summed E-state index contributed by atoms with van der Waals surface area (Å²) in [5.41, 5.74) is 1.23. The third-order valence-corrected chi connectivity index (χ3v) is 2.91. The van der Waals surface area contributed by atoms with Gasteiger partial charge in [-0.25, -0.2) is 0 Å². The Labute approximate surface area is 104 Å². The van der Waals surface area contributed by atoms with E-state index in [1.165, 1.54) is 5.56 Å². The van der Waals surface area contributed by atoms with E-state index in [2.05, 4.69) is 31.2 Å². The Morgan fingerprint density at radius 3 is 2.29 bits per heavy atom. The molecule has 0 heterocycles. The average Bonchev–Trinajstić information content (AvgIpc) is 2.40. The Hall–Kier alpha value is -1.12. The van der Waals surface area contributed by atoms with E-state index in [0.29, 0.717) is 5.92 Å². The molecule has 1 atom stereocenters. The van der Waals surface area contributed by atoms with Crippen LogP contribution in [0.25, 0.3) is 6.08 Å². The first-order valence-corrected chi connectivity index (χ1v) is 6.09. The van der Waals surface area contributed by atoms with E-state index in [9.17, 15) is 0 Å². The van der Waals surface area contributed by atoms with Crippen LogP contribution < -0.4 is 0 Å². The standard InChI is InChI=1S/C15H22O2/c1-4-13(12-15(16-2)17-3)10-11-14-8-6-5-7-9-14/h5-11,13,15H,4,12H2,1-3H3/b11-10+/t13-/m0/s1. The smallest absolute Gasteiger partial charge is 0.157 e. The van der Waals surface area contributed by atoms with Gasteiger partial charge in [0.15, 0.2) is 6.29 Å². The Morgan fingerprint density at radius 2 is 1.76 bits per heavy atom.